The maximum Gasteiger partial charge on any atom is 0.413 e. The highest BCUT2D eigenvalue weighted by molar-refractivity contribution is 9.10. The number of nitrogens with zero attached hydrogens (tertiary/aromatic N) is 3. The monoisotopic (exact) mass is 323 g/mol. The third kappa shape index (κ3) is 1.74. The second-order valence-corrected chi connectivity index (χ2v) is 5.69. The Morgan fingerprint density at radius 1 is 1.42 bits per heavy atom. The SMILES string of the molecule is Cc1c(Br)cn2c3c(nc2c1C)CCCN3C(=O)O. The molecular formula is C13H14BrN3O2. The maximum atomic E-state index is 11.4. The van der Waals surface area contributed by atoms with Crippen LogP contribution in [0.3, 0.4) is 0 Å². The fourth-order valence-electron chi connectivity index (χ4n) is 2.57. The molecular weight excluding hydrogens is 310 g/mol. The second-order valence-electron chi connectivity index (χ2n) is 4.84. The van der Waals surface area contributed by atoms with Gasteiger partial charge in [0.1, 0.15) is 11.5 Å². The van der Waals surface area contributed by atoms with Crippen LogP contribution >= 0.6 is 15.9 Å². The summed E-state index contributed by atoms with van der Waals surface area (Å²) in [6.07, 6.45) is 2.64. The lowest BCUT2D eigenvalue weighted by Crippen LogP contribution is -2.34. The molecule has 3 rings (SSSR count). The fourth-order valence-corrected chi connectivity index (χ4v) is 3.07. The van der Waals surface area contributed by atoms with Gasteiger partial charge in [-0.15, -0.1) is 0 Å². The summed E-state index contributed by atoms with van der Waals surface area (Å²) in [7, 11) is 0. The smallest absolute Gasteiger partial charge is 0.413 e. The predicted molar refractivity (Wildman–Crippen MR) is 76.1 cm³/mol. The van der Waals surface area contributed by atoms with E-state index in [1.807, 2.05) is 24.4 Å². The van der Waals surface area contributed by atoms with Crippen molar-refractivity contribution in [1.82, 2.24) is 9.38 Å². The Labute approximate surface area is 119 Å². The minimum absolute atomic E-state index is 0.528. The van der Waals surface area contributed by atoms with E-state index in [1.165, 1.54) is 4.90 Å². The highest BCUT2D eigenvalue weighted by Crippen LogP contribution is 2.32. The molecule has 5 nitrogen and oxygen atoms in total. The van der Waals surface area contributed by atoms with Crippen LogP contribution in [0, 0.1) is 13.8 Å². The molecule has 2 aromatic rings. The first-order valence-corrected chi connectivity index (χ1v) is 6.97. The van der Waals surface area contributed by atoms with E-state index in [0.717, 1.165) is 39.8 Å². The summed E-state index contributed by atoms with van der Waals surface area (Å²) >= 11 is 3.52. The summed E-state index contributed by atoms with van der Waals surface area (Å²) in [5.41, 5.74) is 3.93. The molecule has 0 aromatic carbocycles. The number of anilines is 1. The largest absolute Gasteiger partial charge is 0.465 e. The number of carboxylic acid groups (broad SMARTS) is 1. The molecule has 100 valence electrons. The zero-order chi connectivity index (χ0) is 13.7. The zero-order valence-corrected chi connectivity index (χ0v) is 12.4. The van der Waals surface area contributed by atoms with Crippen molar-refractivity contribution >= 4 is 33.5 Å². The molecule has 1 aliphatic heterocycles. The van der Waals surface area contributed by atoms with Crippen LogP contribution in [0.15, 0.2) is 10.7 Å². The molecule has 1 N–H and O–H groups in total. The lowest BCUT2D eigenvalue weighted by atomic mass is 10.1. The van der Waals surface area contributed by atoms with Crippen molar-refractivity contribution in [1.29, 1.82) is 0 Å². The molecule has 6 heteroatoms. The van der Waals surface area contributed by atoms with Crippen LogP contribution in [-0.4, -0.2) is 27.1 Å². The van der Waals surface area contributed by atoms with Crippen LogP contribution in [0.5, 0.6) is 0 Å². The van der Waals surface area contributed by atoms with Gasteiger partial charge in [-0.3, -0.25) is 9.30 Å². The van der Waals surface area contributed by atoms with E-state index in [9.17, 15) is 9.90 Å². The molecule has 0 aliphatic carbocycles. The van der Waals surface area contributed by atoms with Gasteiger partial charge >= 0.3 is 6.09 Å². The fraction of sp³-hybridized carbons (Fsp3) is 0.385. The Bertz CT molecular complexity index is 693. The molecule has 0 saturated carbocycles. The van der Waals surface area contributed by atoms with Crippen molar-refractivity contribution in [3.05, 3.63) is 27.5 Å². The molecule has 0 saturated heterocycles. The van der Waals surface area contributed by atoms with Crippen LogP contribution in [0.25, 0.3) is 5.65 Å². The number of imidazole rings is 1. The zero-order valence-electron chi connectivity index (χ0n) is 10.8. The highest BCUT2D eigenvalue weighted by Gasteiger charge is 2.28. The van der Waals surface area contributed by atoms with Crippen molar-refractivity contribution in [3.63, 3.8) is 0 Å². The Kier molecular flexibility index (Phi) is 2.78. The van der Waals surface area contributed by atoms with Gasteiger partial charge in [0.2, 0.25) is 0 Å². The molecule has 0 fully saturated rings. The van der Waals surface area contributed by atoms with Gasteiger partial charge in [-0.1, -0.05) is 0 Å². The lowest BCUT2D eigenvalue weighted by Gasteiger charge is -2.24. The molecule has 1 aliphatic rings. The minimum atomic E-state index is -0.919. The number of fused-ring (bicyclic) bond motifs is 3. The average molecular weight is 324 g/mol. The van der Waals surface area contributed by atoms with Gasteiger partial charge in [0.05, 0.1) is 5.69 Å². The standard InChI is InChI=1S/C13H14BrN3O2/c1-7-8(2)11-15-10-4-3-5-16(13(18)19)12(10)17(11)6-9(7)14/h6H,3-5H2,1-2H3,(H,18,19). The molecule has 3 heterocycles. The first kappa shape index (κ1) is 12.5. The molecule has 0 atom stereocenters. The number of rotatable bonds is 0. The third-order valence-electron chi connectivity index (χ3n) is 3.74. The van der Waals surface area contributed by atoms with Gasteiger partial charge in [-0.2, -0.15) is 0 Å². The van der Waals surface area contributed by atoms with Crippen LogP contribution < -0.4 is 4.90 Å². The number of hydrogen-bond acceptors (Lipinski definition) is 2. The van der Waals surface area contributed by atoms with E-state index in [2.05, 4.69) is 20.9 Å². The maximum absolute atomic E-state index is 11.4. The van der Waals surface area contributed by atoms with E-state index in [1.54, 1.807) is 0 Å². The van der Waals surface area contributed by atoms with E-state index in [0.29, 0.717) is 12.4 Å². The van der Waals surface area contributed by atoms with E-state index >= 15 is 0 Å². The molecule has 19 heavy (non-hydrogen) atoms. The average Bonchev–Trinajstić information content (AvgIpc) is 2.74. The van der Waals surface area contributed by atoms with E-state index < -0.39 is 6.09 Å². The Morgan fingerprint density at radius 2 is 2.16 bits per heavy atom. The molecule has 0 radical (unpaired) electrons. The van der Waals surface area contributed by atoms with Crippen LogP contribution in [-0.2, 0) is 6.42 Å². The molecule has 1 amide bonds. The van der Waals surface area contributed by atoms with Gasteiger partial charge in [-0.05, 0) is 53.7 Å². The summed E-state index contributed by atoms with van der Waals surface area (Å²) < 4.78 is 2.85. The number of pyridine rings is 1. The summed E-state index contributed by atoms with van der Waals surface area (Å²) in [4.78, 5) is 17.4. The second kappa shape index (κ2) is 4.23. The van der Waals surface area contributed by atoms with Crippen molar-refractivity contribution in [2.75, 3.05) is 11.4 Å². The molecule has 0 spiro atoms. The van der Waals surface area contributed by atoms with Gasteiger partial charge in [-0.25, -0.2) is 9.78 Å². The van der Waals surface area contributed by atoms with Crippen LogP contribution in [0.4, 0.5) is 10.6 Å². The van der Waals surface area contributed by atoms with Gasteiger partial charge in [0.25, 0.3) is 0 Å². The number of hydrogen-bond donors (Lipinski definition) is 1. The topological polar surface area (TPSA) is 57.8 Å². The first-order chi connectivity index (χ1) is 9.00. The third-order valence-corrected chi connectivity index (χ3v) is 4.54. The van der Waals surface area contributed by atoms with Crippen molar-refractivity contribution in [2.45, 2.75) is 26.7 Å². The van der Waals surface area contributed by atoms with Crippen molar-refractivity contribution in [2.24, 2.45) is 0 Å². The summed E-state index contributed by atoms with van der Waals surface area (Å²) in [6, 6.07) is 0. The Hall–Kier alpha value is -1.56. The highest BCUT2D eigenvalue weighted by atomic mass is 79.9. The quantitative estimate of drug-likeness (QED) is 0.810. The summed E-state index contributed by atoms with van der Waals surface area (Å²) in [5, 5.41) is 9.33. The summed E-state index contributed by atoms with van der Waals surface area (Å²) in [5.74, 6) is 0.692. The van der Waals surface area contributed by atoms with Gasteiger partial charge in [0, 0.05) is 17.2 Å². The summed E-state index contributed by atoms with van der Waals surface area (Å²) in [6.45, 7) is 4.57. The number of aromatic nitrogens is 2. The molecule has 0 bridgehead atoms. The number of aryl methyl sites for hydroxylation is 2. The van der Waals surface area contributed by atoms with Crippen molar-refractivity contribution in [3.8, 4) is 0 Å². The van der Waals surface area contributed by atoms with Crippen molar-refractivity contribution < 1.29 is 9.90 Å². The van der Waals surface area contributed by atoms with E-state index in [-0.39, 0.29) is 0 Å². The van der Waals surface area contributed by atoms with E-state index in [4.69, 9.17) is 0 Å². The molecule has 0 unspecified atom stereocenters. The Morgan fingerprint density at radius 3 is 2.84 bits per heavy atom. The van der Waals surface area contributed by atoms with Gasteiger partial charge < -0.3 is 5.11 Å². The number of carbonyl (C=O) groups is 1. The van der Waals surface area contributed by atoms with Gasteiger partial charge in [0.15, 0.2) is 0 Å². The first-order valence-electron chi connectivity index (χ1n) is 6.18. The predicted octanol–water partition coefficient (Wildman–Crippen LogP) is 3.14. The lowest BCUT2D eigenvalue weighted by molar-refractivity contribution is 0.201. The number of amides is 1. The van der Waals surface area contributed by atoms with Crippen LogP contribution in [0.1, 0.15) is 23.2 Å². The normalized spacial score (nSPS) is 14.8. The minimum Gasteiger partial charge on any atom is -0.465 e. The van der Waals surface area contributed by atoms with Crippen LogP contribution in [0.2, 0.25) is 0 Å². The molecule has 2 aromatic heterocycles. The Balaban J connectivity index is 2.36. The number of halogens is 1.